The average Bonchev–Trinajstić information content (AvgIpc) is 2.26. The van der Waals surface area contributed by atoms with E-state index >= 15 is 0 Å². The Labute approximate surface area is 91.8 Å². The van der Waals surface area contributed by atoms with Crippen molar-refractivity contribution in [3.8, 4) is 0 Å². The van der Waals surface area contributed by atoms with Gasteiger partial charge in [-0.15, -0.1) is 0 Å². The van der Waals surface area contributed by atoms with Gasteiger partial charge in [-0.3, -0.25) is 9.59 Å². The molecular formula is C9H14N2O5. The van der Waals surface area contributed by atoms with Crippen LogP contribution in [0.1, 0.15) is 12.8 Å². The molecule has 0 saturated carbocycles. The Morgan fingerprint density at radius 3 is 2.75 bits per heavy atom. The predicted octanol–water partition coefficient (Wildman–Crippen LogP) is -1.93. The number of rotatable bonds is 4. The molecule has 2 atom stereocenters. The molecular weight excluding hydrogens is 216 g/mol. The van der Waals surface area contributed by atoms with Crippen LogP contribution in [0.5, 0.6) is 0 Å². The number of nitrogens with one attached hydrogen (secondary N) is 2. The fourth-order valence-corrected chi connectivity index (χ4v) is 1.39. The highest BCUT2D eigenvalue weighted by molar-refractivity contribution is 5.84. The molecule has 1 heterocycles. The van der Waals surface area contributed by atoms with Gasteiger partial charge in [0.15, 0.2) is 6.10 Å². The van der Waals surface area contributed by atoms with Gasteiger partial charge < -0.3 is 20.8 Å². The molecule has 7 heteroatoms. The van der Waals surface area contributed by atoms with Crippen LogP contribution in [0.4, 0.5) is 0 Å². The van der Waals surface area contributed by atoms with Crippen LogP contribution >= 0.6 is 0 Å². The molecule has 0 spiro atoms. The highest BCUT2D eigenvalue weighted by Gasteiger charge is 2.25. The molecule has 0 bridgehead atoms. The van der Waals surface area contributed by atoms with Crippen LogP contribution in [-0.4, -0.2) is 47.2 Å². The van der Waals surface area contributed by atoms with Crippen LogP contribution in [0.2, 0.25) is 0 Å². The quantitative estimate of drug-likeness (QED) is 0.449. The maximum Gasteiger partial charge on any atom is 0.334 e. The number of piperidine rings is 1. The largest absolute Gasteiger partial charge is 0.479 e. The molecule has 0 aromatic rings. The highest BCUT2D eigenvalue weighted by atomic mass is 16.4. The van der Waals surface area contributed by atoms with E-state index in [1.54, 1.807) is 0 Å². The van der Waals surface area contributed by atoms with E-state index in [2.05, 4.69) is 10.6 Å². The number of hydrogen-bond acceptors (Lipinski definition) is 4. The molecule has 2 amide bonds. The zero-order chi connectivity index (χ0) is 12.1. The van der Waals surface area contributed by atoms with Gasteiger partial charge >= 0.3 is 5.97 Å². The Morgan fingerprint density at radius 1 is 1.56 bits per heavy atom. The van der Waals surface area contributed by atoms with Gasteiger partial charge in [0, 0.05) is 13.0 Å². The van der Waals surface area contributed by atoms with Gasteiger partial charge in [-0.05, 0) is 6.42 Å². The lowest BCUT2D eigenvalue weighted by Crippen LogP contribution is -2.45. The van der Waals surface area contributed by atoms with Crippen molar-refractivity contribution in [2.24, 2.45) is 5.92 Å². The standard InChI is InChI=1S/C9H14N2O5/c12-6(9(15)16)4-11-8(14)5-1-2-7(13)10-3-5/h5-6,12H,1-4H2,(H,10,13)(H,11,14)(H,15,16). The number of carboxylic acids is 1. The lowest BCUT2D eigenvalue weighted by molar-refractivity contribution is -0.146. The van der Waals surface area contributed by atoms with Crippen LogP contribution in [0, 0.1) is 5.92 Å². The second-order valence-electron chi connectivity index (χ2n) is 3.64. The van der Waals surface area contributed by atoms with Gasteiger partial charge in [0.1, 0.15) is 0 Å². The monoisotopic (exact) mass is 230 g/mol. The first-order chi connectivity index (χ1) is 7.50. The number of aliphatic carboxylic acids is 1. The lowest BCUT2D eigenvalue weighted by atomic mass is 9.98. The van der Waals surface area contributed by atoms with E-state index in [0.29, 0.717) is 12.8 Å². The number of amides is 2. The fourth-order valence-electron chi connectivity index (χ4n) is 1.39. The van der Waals surface area contributed by atoms with Crippen LogP contribution in [-0.2, 0) is 14.4 Å². The van der Waals surface area contributed by atoms with E-state index in [1.165, 1.54) is 0 Å². The summed E-state index contributed by atoms with van der Waals surface area (Å²) in [5, 5.41) is 22.2. The molecule has 16 heavy (non-hydrogen) atoms. The minimum atomic E-state index is -1.60. The van der Waals surface area contributed by atoms with Crippen LogP contribution in [0.15, 0.2) is 0 Å². The molecule has 7 nitrogen and oxygen atoms in total. The summed E-state index contributed by atoms with van der Waals surface area (Å²) in [6.07, 6.45) is -0.859. The summed E-state index contributed by atoms with van der Waals surface area (Å²) < 4.78 is 0. The van der Waals surface area contributed by atoms with Crippen LogP contribution < -0.4 is 10.6 Å². The zero-order valence-corrected chi connectivity index (χ0v) is 8.60. The molecule has 90 valence electrons. The van der Waals surface area contributed by atoms with Gasteiger partial charge in [-0.25, -0.2) is 4.79 Å². The fraction of sp³-hybridized carbons (Fsp3) is 0.667. The Hall–Kier alpha value is -1.63. The van der Waals surface area contributed by atoms with Gasteiger partial charge in [0.25, 0.3) is 0 Å². The average molecular weight is 230 g/mol. The van der Waals surface area contributed by atoms with Crippen LogP contribution in [0.3, 0.4) is 0 Å². The molecule has 1 rings (SSSR count). The van der Waals surface area contributed by atoms with Crippen molar-refractivity contribution >= 4 is 17.8 Å². The summed E-state index contributed by atoms with van der Waals surface area (Å²) in [5.74, 6) is -2.16. The minimum Gasteiger partial charge on any atom is -0.479 e. The maximum atomic E-state index is 11.5. The van der Waals surface area contributed by atoms with E-state index in [-0.39, 0.29) is 30.8 Å². The predicted molar refractivity (Wildman–Crippen MR) is 52.4 cm³/mol. The number of aliphatic hydroxyl groups excluding tert-OH is 1. The molecule has 1 aliphatic rings. The van der Waals surface area contributed by atoms with E-state index < -0.39 is 12.1 Å². The molecule has 0 aliphatic carbocycles. The third-order valence-electron chi connectivity index (χ3n) is 2.39. The molecule has 1 saturated heterocycles. The third kappa shape index (κ3) is 3.50. The van der Waals surface area contributed by atoms with Gasteiger partial charge in [0.2, 0.25) is 11.8 Å². The molecule has 0 aromatic carbocycles. The lowest BCUT2D eigenvalue weighted by Gasteiger charge is -2.21. The van der Waals surface area contributed by atoms with Crippen molar-refractivity contribution in [3.63, 3.8) is 0 Å². The topological polar surface area (TPSA) is 116 Å². The Bertz CT molecular complexity index is 294. The maximum absolute atomic E-state index is 11.5. The van der Waals surface area contributed by atoms with Crippen molar-refractivity contribution < 1.29 is 24.6 Å². The van der Waals surface area contributed by atoms with Gasteiger partial charge in [0.05, 0.1) is 12.5 Å². The molecule has 0 aromatic heterocycles. The minimum absolute atomic E-state index is 0.0883. The second-order valence-corrected chi connectivity index (χ2v) is 3.64. The molecule has 0 radical (unpaired) electrons. The Balaban J connectivity index is 2.30. The number of carbonyl (C=O) groups is 3. The molecule has 4 N–H and O–H groups in total. The summed E-state index contributed by atoms with van der Waals surface area (Å²) in [6, 6.07) is 0. The highest BCUT2D eigenvalue weighted by Crippen LogP contribution is 2.10. The number of hydrogen-bond donors (Lipinski definition) is 4. The number of carbonyl (C=O) groups excluding carboxylic acids is 2. The zero-order valence-electron chi connectivity index (χ0n) is 8.60. The Morgan fingerprint density at radius 2 is 2.25 bits per heavy atom. The van der Waals surface area contributed by atoms with E-state index in [0.717, 1.165) is 0 Å². The van der Waals surface area contributed by atoms with Crippen molar-refractivity contribution in [1.82, 2.24) is 10.6 Å². The second kappa shape index (κ2) is 5.45. The summed E-state index contributed by atoms with van der Waals surface area (Å²) in [4.78, 5) is 32.6. The molecule has 2 unspecified atom stereocenters. The SMILES string of the molecule is O=C1CCC(C(=O)NCC(O)C(=O)O)CN1. The smallest absolute Gasteiger partial charge is 0.334 e. The number of aliphatic hydroxyl groups is 1. The van der Waals surface area contributed by atoms with E-state index in [9.17, 15) is 14.4 Å². The van der Waals surface area contributed by atoms with Crippen molar-refractivity contribution in [2.45, 2.75) is 18.9 Å². The first-order valence-electron chi connectivity index (χ1n) is 4.96. The van der Waals surface area contributed by atoms with E-state index in [4.69, 9.17) is 10.2 Å². The van der Waals surface area contributed by atoms with Gasteiger partial charge in [-0.2, -0.15) is 0 Å². The first-order valence-corrected chi connectivity index (χ1v) is 4.96. The molecule has 1 fully saturated rings. The van der Waals surface area contributed by atoms with Crippen molar-refractivity contribution in [3.05, 3.63) is 0 Å². The summed E-state index contributed by atoms with van der Waals surface area (Å²) in [7, 11) is 0. The molecule has 1 aliphatic heterocycles. The summed E-state index contributed by atoms with van der Waals surface area (Å²) in [6.45, 7) is -0.0630. The van der Waals surface area contributed by atoms with Crippen LogP contribution in [0.25, 0.3) is 0 Å². The normalized spacial score (nSPS) is 22.1. The first kappa shape index (κ1) is 12.4. The number of carboxylic acid groups (broad SMARTS) is 1. The van der Waals surface area contributed by atoms with E-state index in [1.807, 2.05) is 0 Å². The van der Waals surface area contributed by atoms with Crippen molar-refractivity contribution in [1.29, 1.82) is 0 Å². The summed E-state index contributed by atoms with van der Waals surface area (Å²) >= 11 is 0. The summed E-state index contributed by atoms with van der Waals surface area (Å²) in [5.41, 5.74) is 0. The van der Waals surface area contributed by atoms with Gasteiger partial charge in [-0.1, -0.05) is 0 Å². The third-order valence-corrected chi connectivity index (χ3v) is 2.39. The van der Waals surface area contributed by atoms with Crippen molar-refractivity contribution in [2.75, 3.05) is 13.1 Å². The Kier molecular flexibility index (Phi) is 4.24.